The van der Waals surface area contributed by atoms with Crippen molar-refractivity contribution in [2.75, 3.05) is 25.1 Å². The van der Waals surface area contributed by atoms with E-state index in [1.807, 2.05) is 45.0 Å². The summed E-state index contributed by atoms with van der Waals surface area (Å²) in [6, 6.07) is 9.03. The van der Waals surface area contributed by atoms with Gasteiger partial charge in [0.05, 0.1) is 48.7 Å². The van der Waals surface area contributed by atoms with E-state index in [1.165, 1.54) is 6.20 Å². The van der Waals surface area contributed by atoms with Crippen LogP contribution in [0.3, 0.4) is 0 Å². The van der Waals surface area contributed by atoms with Gasteiger partial charge in [-0.1, -0.05) is 19.1 Å². The molecule has 0 fully saturated rings. The van der Waals surface area contributed by atoms with Gasteiger partial charge in [-0.3, -0.25) is 9.78 Å². The number of carbonyl (C=O) groups is 3. The van der Waals surface area contributed by atoms with E-state index in [9.17, 15) is 41.4 Å². The van der Waals surface area contributed by atoms with Gasteiger partial charge in [-0.2, -0.15) is 26.3 Å². The number of carboxylic acid groups (broad SMARTS) is 2. The number of aliphatic hydroxyl groups is 2. The Morgan fingerprint density at radius 1 is 0.940 bits per heavy atom. The lowest BCUT2D eigenvalue weighted by Gasteiger charge is -2.22. The maximum atomic E-state index is 12.4. The summed E-state index contributed by atoms with van der Waals surface area (Å²) in [6.45, 7) is 8.69. The number of ether oxygens (including phenoxy) is 2. The predicted octanol–water partition coefficient (Wildman–Crippen LogP) is 4.54. The molecule has 0 bridgehead atoms. The van der Waals surface area contributed by atoms with Crippen molar-refractivity contribution in [3.63, 3.8) is 0 Å². The van der Waals surface area contributed by atoms with Crippen LogP contribution in [0, 0.1) is 0 Å². The number of pyridine rings is 1. The third-order valence-electron chi connectivity index (χ3n) is 6.50. The van der Waals surface area contributed by atoms with Gasteiger partial charge in [-0.15, -0.1) is 0 Å². The molecular formula is C31H38F6N4O9. The molecule has 8 N–H and O–H groups in total. The number of hydrogen-bond donors (Lipinski definition) is 7. The average molecular weight is 725 g/mol. The van der Waals surface area contributed by atoms with Crippen LogP contribution in [-0.2, 0) is 22.6 Å². The number of aliphatic hydroxyl groups excluding tert-OH is 2. The number of amides is 1. The van der Waals surface area contributed by atoms with E-state index in [0.717, 1.165) is 16.8 Å². The van der Waals surface area contributed by atoms with Crippen molar-refractivity contribution in [3.8, 4) is 11.5 Å². The minimum absolute atomic E-state index is 0.173. The molecule has 278 valence electrons. The monoisotopic (exact) mass is 724 g/mol. The number of nitrogens with one attached hydrogen (secondary N) is 2. The van der Waals surface area contributed by atoms with Crippen LogP contribution in [0.2, 0.25) is 0 Å². The Kier molecular flexibility index (Phi) is 16.7. The Morgan fingerprint density at radius 3 is 1.88 bits per heavy atom. The molecule has 0 radical (unpaired) electrons. The smallest absolute Gasteiger partial charge is 0.490 e. The highest BCUT2D eigenvalue weighted by molar-refractivity contribution is 6.08. The fourth-order valence-electron chi connectivity index (χ4n) is 4.16. The van der Waals surface area contributed by atoms with Gasteiger partial charge >= 0.3 is 24.3 Å². The fraction of sp³-hybridized carbons (Fsp3) is 0.419. The molecule has 0 saturated carbocycles. The molecule has 2 aromatic carbocycles. The number of carbonyl (C=O) groups excluding carboxylic acids is 1. The van der Waals surface area contributed by atoms with Crippen molar-refractivity contribution < 1.29 is 70.6 Å². The quantitative estimate of drug-likeness (QED) is 0.121. The normalized spacial score (nSPS) is 12.4. The molecule has 0 aliphatic carbocycles. The van der Waals surface area contributed by atoms with Crippen molar-refractivity contribution >= 4 is 40.1 Å². The first-order valence-electron chi connectivity index (χ1n) is 14.8. The van der Waals surface area contributed by atoms with Gasteiger partial charge in [0.2, 0.25) is 0 Å². The number of carboxylic acids is 2. The van der Waals surface area contributed by atoms with E-state index in [1.54, 1.807) is 13.0 Å². The highest BCUT2D eigenvalue weighted by Gasteiger charge is 2.38. The minimum Gasteiger partial charge on any atom is -0.490 e. The fourth-order valence-corrected chi connectivity index (χ4v) is 4.16. The Balaban J connectivity index is 0.000000748. The molecule has 2 atom stereocenters. The minimum atomic E-state index is -5.08. The van der Waals surface area contributed by atoms with Crippen LogP contribution in [0.1, 0.15) is 49.2 Å². The van der Waals surface area contributed by atoms with Crippen LogP contribution in [0.5, 0.6) is 11.5 Å². The van der Waals surface area contributed by atoms with Gasteiger partial charge < -0.3 is 46.3 Å². The van der Waals surface area contributed by atoms with Crippen molar-refractivity contribution in [2.45, 2.75) is 65.2 Å². The molecule has 3 rings (SSSR count). The number of rotatable bonds is 13. The molecule has 0 aliphatic heterocycles. The summed E-state index contributed by atoms with van der Waals surface area (Å²) in [6.07, 6.45) is -8.68. The summed E-state index contributed by atoms with van der Waals surface area (Å²) in [5.41, 5.74) is 10.0. The molecular weight excluding hydrogens is 686 g/mol. The molecule has 1 aromatic heterocycles. The lowest BCUT2D eigenvalue weighted by Crippen LogP contribution is -2.40. The number of alkyl halides is 6. The van der Waals surface area contributed by atoms with E-state index in [4.69, 9.17) is 35.0 Å². The second-order valence-electron chi connectivity index (χ2n) is 10.0. The maximum Gasteiger partial charge on any atom is 0.490 e. The summed E-state index contributed by atoms with van der Waals surface area (Å²) in [5, 5.41) is 41.0. The lowest BCUT2D eigenvalue weighted by molar-refractivity contribution is -0.193. The summed E-state index contributed by atoms with van der Waals surface area (Å²) < 4.78 is 75.0. The van der Waals surface area contributed by atoms with Crippen LogP contribution in [0.25, 0.3) is 10.9 Å². The van der Waals surface area contributed by atoms with Gasteiger partial charge in [0.15, 0.2) is 11.5 Å². The number of halogens is 6. The van der Waals surface area contributed by atoms with E-state index in [2.05, 4.69) is 15.6 Å². The van der Waals surface area contributed by atoms with E-state index < -0.39 is 42.3 Å². The molecule has 50 heavy (non-hydrogen) atoms. The average Bonchev–Trinajstić information content (AvgIpc) is 3.01. The van der Waals surface area contributed by atoms with Gasteiger partial charge in [-0.05, 0) is 50.5 Å². The third-order valence-corrected chi connectivity index (χ3v) is 6.50. The molecule has 1 amide bonds. The van der Waals surface area contributed by atoms with Crippen molar-refractivity contribution in [3.05, 3.63) is 53.2 Å². The first-order valence-corrected chi connectivity index (χ1v) is 14.8. The summed E-state index contributed by atoms with van der Waals surface area (Å²) in [5.74, 6) is -4.98. The van der Waals surface area contributed by atoms with Crippen LogP contribution in [0.4, 0.5) is 37.7 Å². The topological polar surface area (TPSA) is 214 Å². The zero-order valence-corrected chi connectivity index (χ0v) is 27.3. The van der Waals surface area contributed by atoms with Gasteiger partial charge in [0, 0.05) is 29.9 Å². The molecule has 1 heterocycles. The van der Waals surface area contributed by atoms with Gasteiger partial charge in [-0.25, -0.2) is 9.59 Å². The molecule has 0 aliphatic rings. The van der Waals surface area contributed by atoms with Crippen LogP contribution in [-0.4, -0.2) is 87.6 Å². The second-order valence-corrected chi connectivity index (χ2v) is 10.0. The Bertz CT molecular complexity index is 1580. The van der Waals surface area contributed by atoms with Crippen molar-refractivity contribution in [2.24, 2.45) is 5.73 Å². The maximum absolute atomic E-state index is 12.4. The predicted molar refractivity (Wildman–Crippen MR) is 168 cm³/mol. The standard InChI is InChI=1S/C27H36N4O5.2C2HF3O2/c1-5-18-17(13-29-23(15-32)16(4)33)9-8-10-21(18)31-26-19-11-24(35-6-2)25(36-7-3)12-22(19)30-14-20(26)27(28)34;2*3-2(4,5)1(6)7/h8-12,14,16,23,29,32-33H,5-7,13,15H2,1-4H3,(H2,28,34)(H,30,31);2*(H,6,7)/t16-,23+;;/m0../s1. The van der Waals surface area contributed by atoms with E-state index in [0.29, 0.717) is 54.3 Å². The summed E-state index contributed by atoms with van der Waals surface area (Å²) in [4.78, 5) is 34.6. The molecule has 13 nitrogen and oxygen atoms in total. The molecule has 0 spiro atoms. The van der Waals surface area contributed by atoms with Crippen molar-refractivity contribution in [1.82, 2.24) is 10.3 Å². The van der Waals surface area contributed by atoms with Gasteiger partial charge in [0.1, 0.15) is 0 Å². The Morgan fingerprint density at radius 2 is 1.46 bits per heavy atom. The summed E-state index contributed by atoms with van der Waals surface area (Å²) in [7, 11) is 0. The molecule has 0 unspecified atom stereocenters. The summed E-state index contributed by atoms with van der Waals surface area (Å²) >= 11 is 0. The zero-order valence-electron chi connectivity index (χ0n) is 27.3. The van der Waals surface area contributed by atoms with E-state index in [-0.39, 0.29) is 12.2 Å². The number of benzene rings is 2. The van der Waals surface area contributed by atoms with Gasteiger partial charge in [0.25, 0.3) is 5.91 Å². The number of hydrogen-bond acceptors (Lipinski definition) is 10. The number of nitrogens with zero attached hydrogens (tertiary/aromatic N) is 1. The number of aromatic nitrogens is 1. The van der Waals surface area contributed by atoms with E-state index >= 15 is 0 Å². The number of primary amides is 1. The largest absolute Gasteiger partial charge is 0.490 e. The first kappa shape index (κ1) is 43.1. The lowest BCUT2D eigenvalue weighted by atomic mass is 10.0. The molecule has 19 heteroatoms. The highest BCUT2D eigenvalue weighted by Crippen LogP contribution is 2.38. The Labute approximate surface area is 282 Å². The first-order chi connectivity index (χ1) is 23.2. The highest BCUT2D eigenvalue weighted by atomic mass is 19.4. The SMILES string of the molecule is CCOc1cc2ncc(C(N)=O)c(Nc3cccc(CN[C@H](CO)[C@H](C)O)c3CC)c2cc1OCC.O=C(O)C(F)(F)F.O=C(O)C(F)(F)F. The van der Waals surface area contributed by atoms with Crippen LogP contribution >= 0.6 is 0 Å². The molecule has 0 saturated heterocycles. The number of nitrogens with two attached hydrogens (primary N) is 1. The number of anilines is 2. The number of aliphatic carboxylic acids is 2. The second kappa shape index (κ2) is 19.3. The number of fused-ring (bicyclic) bond motifs is 1. The van der Waals surface area contributed by atoms with Crippen LogP contribution in [0.15, 0.2) is 36.5 Å². The van der Waals surface area contributed by atoms with Crippen LogP contribution < -0.4 is 25.8 Å². The Hall–Kier alpha value is -4.88. The molecule has 3 aromatic rings. The third kappa shape index (κ3) is 12.9. The zero-order chi connectivity index (χ0) is 38.4. The van der Waals surface area contributed by atoms with Crippen molar-refractivity contribution in [1.29, 1.82) is 0 Å².